The minimum absolute atomic E-state index is 0.0219. The van der Waals surface area contributed by atoms with Crippen molar-refractivity contribution in [2.45, 2.75) is 23.9 Å². The predicted octanol–water partition coefficient (Wildman–Crippen LogP) is 2.73. The number of ether oxygens (including phenoxy) is 1. The van der Waals surface area contributed by atoms with Gasteiger partial charge in [-0.05, 0) is 36.8 Å². The minimum atomic E-state index is -0.449. The Kier molecular flexibility index (Phi) is 6.28. The number of nitrogens with two attached hydrogens (primary N) is 2. The standard InChI is InChI=1S/C19H20N6O2S/c1-12(28-19-24-17(20)23-18(21)25-19)16(26)22-14-7-9-15(10-8-14)27-11-13-5-3-2-4-6-13/h2-10,12H,11H2,1H3,(H,22,26)(H4,20,21,23,24,25). The maximum Gasteiger partial charge on any atom is 0.237 e. The summed E-state index contributed by atoms with van der Waals surface area (Å²) in [5.74, 6) is 0.573. The van der Waals surface area contributed by atoms with E-state index in [1.807, 2.05) is 42.5 Å². The second-order valence-electron chi connectivity index (χ2n) is 5.88. The average Bonchev–Trinajstić information content (AvgIpc) is 2.67. The topological polar surface area (TPSA) is 129 Å². The van der Waals surface area contributed by atoms with Gasteiger partial charge < -0.3 is 21.5 Å². The molecule has 3 rings (SSSR count). The van der Waals surface area contributed by atoms with Crippen LogP contribution >= 0.6 is 11.8 Å². The molecule has 1 heterocycles. The molecule has 0 saturated carbocycles. The quantitative estimate of drug-likeness (QED) is 0.520. The first kappa shape index (κ1) is 19.4. The van der Waals surface area contributed by atoms with Crippen LogP contribution in [0.1, 0.15) is 12.5 Å². The third-order valence-electron chi connectivity index (χ3n) is 3.67. The largest absolute Gasteiger partial charge is 0.489 e. The van der Waals surface area contributed by atoms with Crippen LogP contribution in [0.4, 0.5) is 17.6 Å². The molecule has 2 aromatic carbocycles. The van der Waals surface area contributed by atoms with Gasteiger partial charge in [0.1, 0.15) is 12.4 Å². The van der Waals surface area contributed by atoms with Crippen molar-refractivity contribution in [1.29, 1.82) is 0 Å². The molecule has 0 spiro atoms. The summed E-state index contributed by atoms with van der Waals surface area (Å²) in [5, 5.41) is 2.70. The monoisotopic (exact) mass is 396 g/mol. The van der Waals surface area contributed by atoms with E-state index in [9.17, 15) is 4.79 Å². The Balaban J connectivity index is 1.53. The molecule has 3 aromatic rings. The Bertz CT molecular complexity index is 917. The fourth-order valence-corrected chi connectivity index (χ4v) is 3.05. The lowest BCUT2D eigenvalue weighted by Gasteiger charge is -2.12. The number of carbonyl (C=O) groups excluding carboxylic acids is 1. The lowest BCUT2D eigenvalue weighted by molar-refractivity contribution is -0.115. The second-order valence-corrected chi connectivity index (χ2v) is 7.19. The van der Waals surface area contributed by atoms with Crippen LogP contribution in [0, 0.1) is 0 Å². The number of aromatic nitrogens is 3. The van der Waals surface area contributed by atoms with Crippen molar-refractivity contribution in [3.63, 3.8) is 0 Å². The highest BCUT2D eigenvalue weighted by atomic mass is 32.2. The number of rotatable bonds is 7. The molecule has 144 valence electrons. The lowest BCUT2D eigenvalue weighted by atomic mass is 10.2. The molecule has 0 aliphatic heterocycles. The molecule has 0 aliphatic carbocycles. The number of benzene rings is 2. The fourth-order valence-electron chi connectivity index (χ4n) is 2.27. The fraction of sp³-hybridized carbons (Fsp3) is 0.158. The van der Waals surface area contributed by atoms with Crippen molar-refractivity contribution in [3.05, 3.63) is 60.2 Å². The number of hydrogen-bond acceptors (Lipinski definition) is 8. The molecule has 8 nitrogen and oxygen atoms in total. The van der Waals surface area contributed by atoms with Gasteiger partial charge in [-0.2, -0.15) is 15.0 Å². The van der Waals surface area contributed by atoms with E-state index >= 15 is 0 Å². The van der Waals surface area contributed by atoms with E-state index in [1.165, 1.54) is 0 Å². The maximum absolute atomic E-state index is 12.4. The van der Waals surface area contributed by atoms with E-state index in [0.29, 0.717) is 17.5 Å². The maximum atomic E-state index is 12.4. The van der Waals surface area contributed by atoms with Gasteiger partial charge in [-0.3, -0.25) is 4.79 Å². The van der Waals surface area contributed by atoms with Gasteiger partial charge in [-0.1, -0.05) is 42.1 Å². The van der Waals surface area contributed by atoms with Gasteiger partial charge in [-0.15, -0.1) is 0 Å². The summed E-state index contributed by atoms with van der Waals surface area (Å²) in [5.41, 5.74) is 12.8. The first-order valence-electron chi connectivity index (χ1n) is 8.51. The number of nitrogen functional groups attached to an aromatic ring is 2. The molecule has 1 unspecified atom stereocenters. The SMILES string of the molecule is CC(Sc1nc(N)nc(N)n1)C(=O)Nc1ccc(OCc2ccccc2)cc1. The van der Waals surface area contributed by atoms with Crippen molar-refractivity contribution in [2.24, 2.45) is 0 Å². The van der Waals surface area contributed by atoms with Crippen molar-refractivity contribution >= 4 is 35.3 Å². The van der Waals surface area contributed by atoms with Crippen LogP contribution in [0.5, 0.6) is 5.75 Å². The van der Waals surface area contributed by atoms with Gasteiger partial charge in [0.2, 0.25) is 17.8 Å². The van der Waals surface area contributed by atoms with Crippen LogP contribution in [-0.2, 0) is 11.4 Å². The van der Waals surface area contributed by atoms with Gasteiger partial charge in [0.05, 0.1) is 5.25 Å². The van der Waals surface area contributed by atoms with Gasteiger partial charge >= 0.3 is 0 Å². The van der Waals surface area contributed by atoms with Crippen LogP contribution in [-0.4, -0.2) is 26.1 Å². The Morgan fingerprint density at radius 2 is 1.68 bits per heavy atom. The van der Waals surface area contributed by atoms with Crippen LogP contribution in [0.15, 0.2) is 59.8 Å². The van der Waals surface area contributed by atoms with E-state index in [1.54, 1.807) is 19.1 Å². The Labute approximate surface area is 166 Å². The number of anilines is 3. The van der Waals surface area contributed by atoms with Crippen molar-refractivity contribution in [2.75, 3.05) is 16.8 Å². The summed E-state index contributed by atoms with van der Waals surface area (Å²) in [6.07, 6.45) is 0. The van der Waals surface area contributed by atoms with E-state index in [2.05, 4.69) is 20.3 Å². The third kappa shape index (κ3) is 5.58. The second kappa shape index (κ2) is 9.05. The van der Waals surface area contributed by atoms with E-state index in [4.69, 9.17) is 16.2 Å². The summed E-state index contributed by atoms with van der Waals surface area (Å²) in [6, 6.07) is 17.1. The molecule has 5 N–H and O–H groups in total. The zero-order chi connectivity index (χ0) is 19.9. The Hall–Kier alpha value is -3.33. The number of carbonyl (C=O) groups is 1. The number of hydrogen-bond donors (Lipinski definition) is 3. The first-order valence-corrected chi connectivity index (χ1v) is 9.39. The average molecular weight is 396 g/mol. The molecule has 1 atom stereocenters. The predicted molar refractivity (Wildman–Crippen MR) is 110 cm³/mol. The molecule has 0 aliphatic rings. The van der Waals surface area contributed by atoms with Gasteiger partial charge in [-0.25, -0.2) is 0 Å². The van der Waals surface area contributed by atoms with E-state index in [-0.39, 0.29) is 17.8 Å². The highest BCUT2D eigenvalue weighted by Crippen LogP contribution is 2.22. The summed E-state index contributed by atoms with van der Waals surface area (Å²) < 4.78 is 5.74. The normalized spacial score (nSPS) is 11.6. The van der Waals surface area contributed by atoms with Gasteiger partial charge in [0, 0.05) is 5.69 Å². The van der Waals surface area contributed by atoms with Crippen LogP contribution < -0.4 is 21.5 Å². The van der Waals surface area contributed by atoms with Gasteiger partial charge in [0.25, 0.3) is 0 Å². The minimum Gasteiger partial charge on any atom is -0.489 e. The Morgan fingerprint density at radius 1 is 1.04 bits per heavy atom. The van der Waals surface area contributed by atoms with E-state index < -0.39 is 5.25 Å². The molecule has 0 bridgehead atoms. The highest BCUT2D eigenvalue weighted by Gasteiger charge is 2.17. The summed E-state index contributed by atoms with van der Waals surface area (Å²) in [7, 11) is 0. The molecule has 9 heteroatoms. The number of amides is 1. The molecular formula is C19H20N6O2S. The molecule has 1 amide bonds. The number of nitrogens with one attached hydrogen (secondary N) is 1. The Morgan fingerprint density at radius 3 is 2.32 bits per heavy atom. The zero-order valence-corrected chi connectivity index (χ0v) is 16.0. The number of nitrogens with zero attached hydrogens (tertiary/aromatic N) is 3. The summed E-state index contributed by atoms with van der Waals surface area (Å²) >= 11 is 1.15. The lowest BCUT2D eigenvalue weighted by Crippen LogP contribution is -2.22. The zero-order valence-electron chi connectivity index (χ0n) is 15.2. The van der Waals surface area contributed by atoms with Crippen molar-refractivity contribution in [1.82, 2.24) is 15.0 Å². The molecule has 0 fully saturated rings. The molecule has 1 aromatic heterocycles. The third-order valence-corrected chi connectivity index (χ3v) is 4.63. The van der Waals surface area contributed by atoms with Crippen LogP contribution in [0.25, 0.3) is 0 Å². The molecular weight excluding hydrogens is 376 g/mol. The van der Waals surface area contributed by atoms with Crippen LogP contribution in [0.3, 0.4) is 0 Å². The summed E-state index contributed by atoms with van der Waals surface area (Å²) in [4.78, 5) is 24.0. The van der Waals surface area contributed by atoms with Crippen molar-refractivity contribution in [3.8, 4) is 5.75 Å². The molecule has 0 radical (unpaired) electrons. The number of thioether (sulfide) groups is 1. The molecule has 0 saturated heterocycles. The van der Waals surface area contributed by atoms with Crippen LogP contribution in [0.2, 0.25) is 0 Å². The first-order chi connectivity index (χ1) is 13.5. The summed E-state index contributed by atoms with van der Waals surface area (Å²) in [6.45, 7) is 2.23. The molecule has 28 heavy (non-hydrogen) atoms. The van der Waals surface area contributed by atoms with E-state index in [0.717, 1.165) is 23.1 Å². The van der Waals surface area contributed by atoms with Crippen molar-refractivity contribution < 1.29 is 9.53 Å². The highest BCUT2D eigenvalue weighted by molar-refractivity contribution is 8.00. The smallest absolute Gasteiger partial charge is 0.237 e. The van der Waals surface area contributed by atoms with Gasteiger partial charge in [0.15, 0.2) is 5.16 Å².